The van der Waals surface area contributed by atoms with Crippen LogP contribution in [-0.2, 0) is 13.1 Å². The number of hydrogen-bond donors (Lipinski definition) is 3. The Morgan fingerprint density at radius 3 is 1.53 bits per heavy atom. The van der Waals surface area contributed by atoms with Crippen LogP contribution in [0.1, 0.15) is 44.5 Å². The zero-order chi connectivity index (χ0) is 39.2. The number of ether oxygens (including phenoxy) is 1. The maximum absolute atomic E-state index is 9.33. The lowest BCUT2D eigenvalue weighted by molar-refractivity contribution is 0.462. The monoisotopic (exact) mass is 752 g/mol. The smallest absolute Gasteiger partial charge is 0.233 e. The molecule has 0 bridgehead atoms. The Morgan fingerprint density at radius 2 is 1.02 bits per heavy atom. The minimum Gasteiger partial charge on any atom is -0.507 e. The Hall–Kier alpha value is -6.39. The van der Waals surface area contributed by atoms with Gasteiger partial charge in [0.2, 0.25) is 17.8 Å². The third-order valence-electron chi connectivity index (χ3n) is 9.02. The molecule has 0 aliphatic carbocycles. The molecule has 0 aliphatic rings. The SMILES string of the molecule is Cc1cc(C)c(O)c(C)c1.Cc1cc(C)c(Oc2nc(N)nc3c2ccn3Cc2ccccc2)c(C)c1.Nc1nc(Cl)c2ccn(Cc3ccccc3)c2n1. The second kappa shape index (κ2) is 16.7. The van der Waals surface area contributed by atoms with Crippen LogP contribution in [0.5, 0.6) is 17.4 Å². The van der Waals surface area contributed by atoms with Gasteiger partial charge >= 0.3 is 0 Å². The third kappa shape index (κ3) is 9.23. The fourth-order valence-electron chi connectivity index (χ4n) is 6.59. The van der Waals surface area contributed by atoms with E-state index in [1.54, 1.807) is 0 Å². The maximum Gasteiger partial charge on any atom is 0.233 e. The molecule has 280 valence electrons. The van der Waals surface area contributed by atoms with Crippen LogP contribution in [0.15, 0.2) is 109 Å². The molecule has 0 saturated heterocycles. The van der Waals surface area contributed by atoms with Gasteiger partial charge in [0.1, 0.15) is 27.9 Å². The second-order valence-corrected chi connectivity index (χ2v) is 14.0. The third-order valence-corrected chi connectivity index (χ3v) is 9.31. The summed E-state index contributed by atoms with van der Waals surface area (Å²) >= 11 is 6.03. The molecule has 0 spiro atoms. The number of benzene rings is 4. The average Bonchev–Trinajstić information content (AvgIpc) is 3.74. The van der Waals surface area contributed by atoms with Crippen LogP contribution in [0.3, 0.4) is 0 Å². The number of nitrogen functional groups attached to an aromatic ring is 2. The topological polar surface area (TPSA) is 143 Å². The van der Waals surface area contributed by atoms with Crippen molar-refractivity contribution in [3.63, 3.8) is 0 Å². The summed E-state index contributed by atoms with van der Waals surface area (Å²) in [5, 5.41) is 11.4. The van der Waals surface area contributed by atoms with E-state index in [2.05, 4.69) is 67.8 Å². The molecule has 0 fully saturated rings. The lowest BCUT2D eigenvalue weighted by Crippen LogP contribution is -2.04. The normalized spacial score (nSPS) is 10.8. The number of fused-ring (bicyclic) bond motifs is 2. The number of nitrogens with two attached hydrogens (primary N) is 2. The molecule has 0 atom stereocenters. The van der Waals surface area contributed by atoms with E-state index in [1.807, 2.05) is 112 Å². The molecule has 55 heavy (non-hydrogen) atoms. The van der Waals surface area contributed by atoms with Gasteiger partial charge < -0.3 is 30.4 Å². The molecule has 0 amide bonds. The number of halogens is 1. The Kier molecular flexibility index (Phi) is 11.7. The van der Waals surface area contributed by atoms with E-state index in [9.17, 15) is 5.11 Å². The molecule has 0 aliphatic heterocycles. The van der Waals surface area contributed by atoms with E-state index in [4.69, 9.17) is 27.8 Å². The number of aromatic nitrogens is 6. The summed E-state index contributed by atoms with van der Waals surface area (Å²) in [4.78, 5) is 17.0. The van der Waals surface area contributed by atoms with Crippen molar-refractivity contribution < 1.29 is 9.84 Å². The highest BCUT2D eigenvalue weighted by molar-refractivity contribution is 6.34. The zero-order valence-corrected chi connectivity index (χ0v) is 32.6. The van der Waals surface area contributed by atoms with Gasteiger partial charge in [-0.1, -0.05) is 108 Å². The van der Waals surface area contributed by atoms with Crippen LogP contribution in [0, 0.1) is 41.5 Å². The van der Waals surface area contributed by atoms with Gasteiger partial charge in [-0.25, -0.2) is 4.98 Å². The lowest BCUT2D eigenvalue weighted by atomic mass is 10.1. The largest absolute Gasteiger partial charge is 0.507 e. The van der Waals surface area contributed by atoms with Crippen LogP contribution in [0.2, 0.25) is 5.15 Å². The zero-order valence-electron chi connectivity index (χ0n) is 31.9. The van der Waals surface area contributed by atoms with E-state index in [0.29, 0.717) is 23.3 Å². The summed E-state index contributed by atoms with van der Waals surface area (Å²) < 4.78 is 10.3. The quantitative estimate of drug-likeness (QED) is 0.143. The summed E-state index contributed by atoms with van der Waals surface area (Å²) in [5.74, 6) is 2.12. The number of hydrogen-bond acceptors (Lipinski definition) is 8. The number of phenolic OH excluding ortho intramolecular Hbond substituents is 1. The summed E-state index contributed by atoms with van der Waals surface area (Å²) in [6, 6.07) is 32.4. The standard InChI is InChI=1S/C22H22N4O.C13H11ClN4.C9H12O/c1-14-11-15(2)19(16(3)12-14)27-21-18-9-10-26(20(18)24-22(23)25-21)13-17-7-5-4-6-8-17;14-11-10-6-7-18(12(10)17-13(15)16-11)8-9-4-2-1-3-5-9;1-6-4-7(2)9(10)8(3)5-6/h4-12H,13H2,1-3H3,(H2,23,24,25);1-7H,8H2,(H2,15,16,17);4-5,10H,1-3H3. The van der Waals surface area contributed by atoms with Gasteiger partial charge in [-0.15, -0.1) is 0 Å². The Labute approximate surface area is 326 Å². The highest BCUT2D eigenvalue weighted by atomic mass is 35.5. The highest BCUT2D eigenvalue weighted by Gasteiger charge is 2.15. The van der Waals surface area contributed by atoms with Crippen molar-refractivity contribution in [2.45, 2.75) is 54.6 Å². The van der Waals surface area contributed by atoms with E-state index in [-0.39, 0.29) is 11.9 Å². The molecule has 0 radical (unpaired) electrons. The van der Waals surface area contributed by atoms with Gasteiger partial charge in [0.15, 0.2) is 0 Å². The number of anilines is 2. The molecule has 4 aromatic heterocycles. The molecule has 8 aromatic rings. The maximum atomic E-state index is 9.33. The summed E-state index contributed by atoms with van der Waals surface area (Å²) in [6.45, 7) is 13.5. The summed E-state index contributed by atoms with van der Waals surface area (Å²) in [5.41, 5.74) is 22.0. The number of aromatic hydroxyl groups is 1. The molecule has 10 nitrogen and oxygen atoms in total. The van der Waals surface area contributed by atoms with Gasteiger partial charge in [-0.05, 0) is 87.1 Å². The van der Waals surface area contributed by atoms with Crippen molar-refractivity contribution in [3.05, 3.63) is 159 Å². The highest BCUT2D eigenvalue weighted by Crippen LogP contribution is 2.33. The molecule has 0 saturated carbocycles. The second-order valence-electron chi connectivity index (χ2n) is 13.7. The van der Waals surface area contributed by atoms with Crippen LogP contribution in [0.4, 0.5) is 11.9 Å². The van der Waals surface area contributed by atoms with Crippen molar-refractivity contribution in [2.75, 3.05) is 11.5 Å². The van der Waals surface area contributed by atoms with Crippen molar-refractivity contribution in [1.29, 1.82) is 0 Å². The fraction of sp³-hybridized carbons (Fsp3) is 0.182. The molecule has 4 heterocycles. The Balaban J connectivity index is 0.000000157. The number of aryl methyl sites for hydroxylation is 6. The molecule has 11 heteroatoms. The van der Waals surface area contributed by atoms with E-state index < -0.39 is 0 Å². The number of rotatable bonds is 6. The predicted molar refractivity (Wildman–Crippen MR) is 223 cm³/mol. The van der Waals surface area contributed by atoms with Crippen LogP contribution < -0.4 is 16.2 Å². The van der Waals surface area contributed by atoms with E-state index >= 15 is 0 Å². The van der Waals surface area contributed by atoms with Gasteiger partial charge in [0.25, 0.3) is 0 Å². The summed E-state index contributed by atoms with van der Waals surface area (Å²) in [7, 11) is 0. The van der Waals surface area contributed by atoms with Gasteiger partial charge in [0, 0.05) is 25.5 Å². The Bertz CT molecular complexity index is 2540. The average molecular weight is 753 g/mol. The minimum absolute atomic E-state index is 0.195. The minimum atomic E-state index is 0.195. The molecule has 8 rings (SSSR count). The van der Waals surface area contributed by atoms with E-state index in [0.717, 1.165) is 56.6 Å². The van der Waals surface area contributed by atoms with Crippen LogP contribution in [-0.4, -0.2) is 34.2 Å². The summed E-state index contributed by atoms with van der Waals surface area (Å²) in [6.07, 6.45) is 3.94. The van der Waals surface area contributed by atoms with Crippen molar-refractivity contribution >= 4 is 45.6 Å². The fourth-order valence-corrected chi connectivity index (χ4v) is 6.82. The first kappa shape index (κ1) is 38.3. The predicted octanol–water partition coefficient (Wildman–Crippen LogP) is 9.81. The first-order valence-corrected chi connectivity index (χ1v) is 18.2. The van der Waals surface area contributed by atoms with Gasteiger partial charge in [0.05, 0.1) is 10.8 Å². The van der Waals surface area contributed by atoms with Gasteiger partial charge in [-0.2, -0.15) is 15.0 Å². The van der Waals surface area contributed by atoms with Crippen LogP contribution >= 0.6 is 11.6 Å². The molecular weight excluding hydrogens is 708 g/mol. The lowest BCUT2D eigenvalue weighted by Gasteiger charge is -2.13. The first-order chi connectivity index (χ1) is 26.4. The Morgan fingerprint density at radius 1 is 0.582 bits per heavy atom. The van der Waals surface area contributed by atoms with Crippen molar-refractivity contribution in [1.82, 2.24) is 29.1 Å². The van der Waals surface area contributed by atoms with Crippen LogP contribution in [0.25, 0.3) is 22.1 Å². The molecular formula is C44H45ClN8O2. The molecule has 4 aromatic carbocycles. The van der Waals surface area contributed by atoms with Crippen molar-refractivity contribution in [3.8, 4) is 17.4 Å². The van der Waals surface area contributed by atoms with Crippen molar-refractivity contribution in [2.24, 2.45) is 0 Å². The van der Waals surface area contributed by atoms with E-state index in [1.165, 1.54) is 22.3 Å². The molecule has 5 N–H and O–H groups in total. The number of nitrogens with zero attached hydrogens (tertiary/aromatic N) is 6. The van der Waals surface area contributed by atoms with Gasteiger partial charge in [-0.3, -0.25) is 0 Å². The molecule has 0 unspecified atom stereocenters. The number of phenols is 1. The first-order valence-electron chi connectivity index (χ1n) is 17.9.